The van der Waals surface area contributed by atoms with Gasteiger partial charge < -0.3 is 29.9 Å². The largest absolute Gasteiger partial charge is 0.378 e. The quantitative estimate of drug-likeness (QED) is 0.349. The molecule has 2 N–H and O–H groups in total. The van der Waals surface area contributed by atoms with Crippen LogP contribution in [-0.2, 0) is 19.1 Å². The van der Waals surface area contributed by atoms with Gasteiger partial charge in [0.05, 0.1) is 26.4 Å². The minimum Gasteiger partial charge on any atom is -0.378 e. The Kier molecular flexibility index (Phi) is 10.1. The normalized spacial score (nSPS) is 18.4. The third-order valence-corrected chi connectivity index (χ3v) is 7.01. The molecule has 10 nitrogen and oxygen atoms in total. The van der Waals surface area contributed by atoms with Crippen LogP contribution in [0.1, 0.15) is 48.4 Å². The Morgan fingerprint density at radius 3 is 1.39 bits per heavy atom. The van der Waals surface area contributed by atoms with E-state index >= 15 is 0 Å². The minimum absolute atomic E-state index is 0.205. The number of carbonyl (C=O) groups is 4. The van der Waals surface area contributed by atoms with Crippen LogP contribution in [-0.4, -0.2) is 108 Å². The summed E-state index contributed by atoms with van der Waals surface area (Å²) < 4.78 is 8.97. The van der Waals surface area contributed by atoms with Gasteiger partial charge in [0.1, 0.15) is 12.1 Å². The molecule has 1 aromatic carbocycles. The van der Waals surface area contributed by atoms with Gasteiger partial charge in [-0.05, 0) is 45.9 Å². The van der Waals surface area contributed by atoms with Crippen molar-refractivity contribution in [2.75, 3.05) is 52.6 Å². The third-order valence-electron chi connectivity index (χ3n) is 6.49. The fourth-order valence-corrected chi connectivity index (χ4v) is 4.59. The number of benzene rings is 1. The second-order valence-corrected chi connectivity index (χ2v) is 12.9. The van der Waals surface area contributed by atoms with Crippen molar-refractivity contribution in [3.05, 3.63) is 35.4 Å². The van der Waals surface area contributed by atoms with Crippen LogP contribution in [0.15, 0.2) is 24.3 Å². The smallest absolute Gasteiger partial charge is 0.251 e. The Hall–Kier alpha value is -2.28. The number of rotatable bonds is 8. The van der Waals surface area contributed by atoms with Crippen LogP contribution in [0.5, 0.6) is 0 Å². The van der Waals surface area contributed by atoms with Crippen molar-refractivity contribution in [2.45, 2.75) is 49.3 Å². The van der Waals surface area contributed by atoms with E-state index < -0.39 is 33.4 Å². The second kappa shape index (κ2) is 12.7. The summed E-state index contributed by atoms with van der Waals surface area (Å²) >= 11 is 9.13. The van der Waals surface area contributed by atoms with Crippen molar-refractivity contribution in [3.63, 3.8) is 0 Å². The maximum absolute atomic E-state index is 13.2. The predicted octanol–water partition coefficient (Wildman–Crippen LogP) is 1.02. The highest BCUT2D eigenvalue weighted by molar-refractivity contribution is 7.82. The molecular weight excluding hydrogens is 528 g/mol. The van der Waals surface area contributed by atoms with Gasteiger partial charge in [-0.3, -0.25) is 19.2 Å². The average molecular weight is 567 g/mol. The molecule has 4 amide bonds. The number of hydrogen-bond donors (Lipinski definition) is 4. The first-order valence-electron chi connectivity index (χ1n) is 12.7. The molecule has 0 aliphatic carbocycles. The first-order chi connectivity index (χ1) is 17.8. The van der Waals surface area contributed by atoms with Gasteiger partial charge in [0.2, 0.25) is 11.8 Å². The Morgan fingerprint density at radius 2 is 1.08 bits per heavy atom. The van der Waals surface area contributed by atoms with Crippen molar-refractivity contribution in [2.24, 2.45) is 0 Å². The van der Waals surface area contributed by atoms with Gasteiger partial charge in [-0.1, -0.05) is 6.07 Å². The van der Waals surface area contributed by atoms with Gasteiger partial charge in [0.15, 0.2) is 0 Å². The third kappa shape index (κ3) is 7.87. The van der Waals surface area contributed by atoms with E-state index in [4.69, 9.17) is 9.47 Å². The Morgan fingerprint density at radius 1 is 0.737 bits per heavy atom. The van der Waals surface area contributed by atoms with Crippen molar-refractivity contribution in [1.82, 2.24) is 20.4 Å². The maximum Gasteiger partial charge on any atom is 0.251 e. The first kappa shape index (κ1) is 30.3. The molecule has 2 unspecified atom stereocenters. The summed E-state index contributed by atoms with van der Waals surface area (Å²) in [6.07, 6.45) is 0. The molecule has 210 valence electrons. The summed E-state index contributed by atoms with van der Waals surface area (Å²) in [6.45, 7) is 10.6. The van der Waals surface area contributed by atoms with E-state index in [9.17, 15) is 19.2 Å². The van der Waals surface area contributed by atoms with E-state index in [1.54, 1.807) is 55.7 Å². The van der Waals surface area contributed by atoms with Crippen molar-refractivity contribution < 1.29 is 28.7 Å². The van der Waals surface area contributed by atoms with Gasteiger partial charge in [0.25, 0.3) is 11.8 Å². The monoisotopic (exact) mass is 566 g/mol. The van der Waals surface area contributed by atoms with Crippen LogP contribution in [0.2, 0.25) is 0 Å². The molecule has 2 atom stereocenters. The highest BCUT2D eigenvalue weighted by Crippen LogP contribution is 2.22. The molecular formula is C26H38N4O6S2. The molecule has 2 fully saturated rings. The summed E-state index contributed by atoms with van der Waals surface area (Å²) in [7, 11) is 0. The van der Waals surface area contributed by atoms with Crippen LogP contribution in [0.25, 0.3) is 0 Å². The molecule has 0 spiro atoms. The standard InChI is InChI=1S/C26H38N4O6S2/c1-25(2,37)19(23(33)29-8-12-35-13-9-29)27-21(31)17-6-5-7-18(16-17)22(32)28-20(26(3,4)38)24(34)30-10-14-36-15-11-30/h5-7,16,19-20,37-38H,8-15H2,1-4H3,(H,27,31)(H,28,32). The summed E-state index contributed by atoms with van der Waals surface area (Å²) in [5.74, 6) is -1.50. The molecule has 0 saturated carbocycles. The van der Waals surface area contributed by atoms with Crippen molar-refractivity contribution >= 4 is 48.9 Å². The lowest BCUT2D eigenvalue weighted by atomic mass is 9.99. The van der Waals surface area contributed by atoms with E-state index in [1.165, 1.54) is 6.07 Å². The molecule has 2 saturated heterocycles. The zero-order valence-corrected chi connectivity index (χ0v) is 24.1. The number of thiol groups is 2. The molecule has 12 heteroatoms. The molecule has 2 heterocycles. The maximum atomic E-state index is 13.2. The highest BCUT2D eigenvalue weighted by Gasteiger charge is 2.38. The topological polar surface area (TPSA) is 117 Å². The Balaban J connectivity index is 1.75. The fraction of sp³-hybridized carbons (Fsp3) is 0.615. The number of morpholine rings is 2. The molecule has 3 rings (SSSR count). The average Bonchev–Trinajstić information content (AvgIpc) is 2.89. The number of hydrogen-bond acceptors (Lipinski definition) is 8. The second-order valence-electron chi connectivity index (χ2n) is 10.6. The van der Waals surface area contributed by atoms with Gasteiger partial charge in [0, 0.05) is 46.8 Å². The fourth-order valence-electron chi connectivity index (χ4n) is 4.24. The number of nitrogens with one attached hydrogen (secondary N) is 2. The Bertz CT molecular complexity index is 950. The summed E-state index contributed by atoms with van der Waals surface area (Å²) in [5.41, 5.74) is 0.410. The number of nitrogens with zero attached hydrogens (tertiary/aromatic N) is 2. The lowest BCUT2D eigenvalue weighted by Crippen LogP contribution is -2.58. The van der Waals surface area contributed by atoms with Crippen molar-refractivity contribution in [1.29, 1.82) is 0 Å². The van der Waals surface area contributed by atoms with Gasteiger partial charge in [-0.2, -0.15) is 25.3 Å². The Labute approximate surface area is 235 Å². The predicted molar refractivity (Wildman–Crippen MR) is 150 cm³/mol. The highest BCUT2D eigenvalue weighted by atomic mass is 32.1. The lowest BCUT2D eigenvalue weighted by molar-refractivity contribution is -0.138. The summed E-state index contributed by atoms with van der Waals surface area (Å²) in [4.78, 5) is 56.1. The number of amides is 4. The number of carbonyl (C=O) groups excluding carboxylic acids is 4. The molecule has 0 radical (unpaired) electrons. The van der Waals surface area contributed by atoms with Gasteiger partial charge >= 0.3 is 0 Å². The van der Waals surface area contributed by atoms with E-state index in [0.717, 1.165) is 0 Å². The van der Waals surface area contributed by atoms with Gasteiger partial charge in [-0.15, -0.1) is 0 Å². The van der Waals surface area contributed by atoms with Crippen LogP contribution in [0, 0.1) is 0 Å². The van der Waals surface area contributed by atoms with Crippen LogP contribution in [0.3, 0.4) is 0 Å². The van der Waals surface area contributed by atoms with Gasteiger partial charge in [-0.25, -0.2) is 0 Å². The molecule has 0 bridgehead atoms. The van der Waals surface area contributed by atoms with Crippen LogP contribution < -0.4 is 10.6 Å². The molecule has 1 aromatic rings. The zero-order chi connectivity index (χ0) is 28.1. The van der Waals surface area contributed by atoms with E-state index in [1.807, 2.05) is 0 Å². The SMILES string of the molecule is CC(C)(S)C(NC(=O)c1cccc(C(=O)NC(C(=O)N2CCOCC2)C(C)(C)S)c1)C(=O)N1CCOCC1. The van der Waals surface area contributed by atoms with Crippen LogP contribution >= 0.6 is 25.3 Å². The lowest BCUT2D eigenvalue weighted by Gasteiger charge is -2.36. The molecule has 2 aliphatic rings. The van der Waals surface area contributed by atoms with E-state index in [-0.39, 0.29) is 22.9 Å². The number of ether oxygens (including phenoxy) is 2. The van der Waals surface area contributed by atoms with Crippen molar-refractivity contribution in [3.8, 4) is 0 Å². The summed E-state index contributed by atoms with van der Waals surface area (Å²) in [5, 5.41) is 5.60. The minimum atomic E-state index is -0.894. The zero-order valence-electron chi connectivity index (χ0n) is 22.4. The van der Waals surface area contributed by atoms with Crippen LogP contribution in [0.4, 0.5) is 0 Å². The summed E-state index contributed by atoms with van der Waals surface area (Å²) in [6, 6.07) is 4.36. The molecule has 0 aromatic heterocycles. The van der Waals surface area contributed by atoms with E-state index in [2.05, 4.69) is 35.9 Å². The first-order valence-corrected chi connectivity index (χ1v) is 13.6. The molecule has 2 aliphatic heterocycles. The van der Waals surface area contributed by atoms with E-state index in [0.29, 0.717) is 52.6 Å². The molecule has 38 heavy (non-hydrogen) atoms.